The molecular weight excluding hydrogens is 295 g/mol. The van der Waals surface area contributed by atoms with Crippen LogP contribution in [0.2, 0.25) is 0 Å². The molecule has 1 saturated carbocycles. The number of nitrogens with one attached hydrogen (secondary N) is 1. The molecule has 1 aromatic rings. The van der Waals surface area contributed by atoms with Gasteiger partial charge >= 0.3 is 0 Å². The third kappa shape index (κ3) is 3.55. The van der Waals surface area contributed by atoms with E-state index in [1.54, 1.807) is 19.1 Å². The first-order valence-electron chi connectivity index (χ1n) is 8.20. The second-order valence-electron chi connectivity index (χ2n) is 6.66. The maximum absolute atomic E-state index is 13.6. The summed E-state index contributed by atoms with van der Waals surface area (Å²) in [6.07, 6.45) is 7.98. The Morgan fingerprint density at radius 1 is 1.48 bits per heavy atom. The monoisotopic (exact) mass is 318 g/mol. The average Bonchev–Trinajstić information content (AvgIpc) is 2.94. The second-order valence-corrected chi connectivity index (χ2v) is 6.66. The fourth-order valence-corrected chi connectivity index (χ4v) is 3.55. The zero-order valence-electron chi connectivity index (χ0n) is 13.3. The summed E-state index contributed by atoms with van der Waals surface area (Å²) >= 11 is 0. The number of halogens is 1. The molecule has 3 N–H and O–H groups in total. The van der Waals surface area contributed by atoms with Crippen molar-refractivity contribution in [3.05, 3.63) is 41.7 Å². The quantitative estimate of drug-likeness (QED) is 0.842. The molecule has 1 amide bonds. The molecule has 1 aliphatic heterocycles. The molecule has 0 radical (unpaired) electrons. The van der Waals surface area contributed by atoms with Crippen LogP contribution in [0.4, 0.5) is 4.39 Å². The highest BCUT2D eigenvalue weighted by Gasteiger charge is 2.43. The van der Waals surface area contributed by atoms with Gasteiger partial charge in [-0.1, -0.05) is 6.08 Å². The predicted molar refractivity (Wildman–Crippen MR) is 86.5 cm³/mol. The summed E-state index contributed by atoms with van der Waals surface area (Å²) in [5.74, 6) is 0.152. The Morgan fingerprint density at radius 3 is 2.91 bits per heavy atom. The molecule has 1 aliphatic carbocycles. The van der Waals surface area contributed by atoms with Crippen molar-refractivity contribution >= 4 is 5.91 Å². The Bertz CT molecular complexity index is 621. The molecule has 1 heterocycles. The summed E-state index contributed by atoms with van der Waals surface area (Å²) in [5, 5.41) is 2.98. The van der Waals surface area contributed by atoms with E-state index in [9.17, 15) is 9.18 Å². The van der Waals surface area contributed by atoms with E-state index in [1.807, 2.05) is 0 Å². The first-order valence-corrected chi connectivity index (χ1v) is 8.20. The van der Waals surface area contributed by atoms with Crippen molar-refractivity contribution in [1.29, 1.82) is 0 Å². The Morgan fingerprint density at radius 2 is 2.22 bits per heavy atom. The number of rotatable bonds is 3. The lowest BCUT2D eigenvalue weighted by Crippen LogP contribution is -2.43. The van der Waals surface area contributed by atoms with Crippen LogP contribution in [0.5, 0.6) is 5.75 Å². The lowest BCUT2D eigenvalue weighted by atomic mass is 9.86. The van der Waals surface area contributed by atoms with Crippen molar-refractivity contribution in [2.24, 2.45) is 5.73 Å². The van der Waals surface area contributed by atoms with E-state index in [0.29, 0.717) is 17.7 Å². The fraction of sp³-hybridized carbons (Fsp3) is 0.500. The summed E-state index contributed by atoms with van der Waals surface area (Å²) in [6, 6.07) is 4.11. The molecule has 3 rings (SSSR count). The molecule has 4 nitrogen and oxygen atoms in total. The number of amides is 1. The van der Waals surface area contributed by atoms with E-state index in [1.165, 1.54) is 18.2 Å². The SMILES string of the molecule is CC(N)/C=C/C(=O)N[C@@H]1CC2(CCCC2)Oc2ccc(F)cc21. The number of hydrogen-bond acceptors (Lipinski definition) is 3. The van der Waals surface area contributed by atoms with Gasteiger partial charge in [0.25, 0.3) is 0 Å². The van der Waals surface area contributed by atoms with E-state index in [2.05, 4.69) is 5.32 Å². The first-order chi connectivity index (χ1) is 11.0. The Kier molecular flexibility index (Phi) is 4.39. The second kappa shape index (κ2) is 6.32. The minimum Gasteiger partial charge on any atom is -0.487 e. The van der Waals surface area contributed by atoms with Crippen molar-refractivity contribution in [2.75, 3.05) is 0 Å². The van der Waals surface area contributed by atoms with Crippen LogP contribution in [0.3, 0.4) is 0 Å². The van der Waals surface area contributed by atoms with Gasteiger partial charge in [-0.2, -0.15) is 0 Å². The highest BCUT2D eigenvalue weighted by atomic mass is 19.1. The largest absolute Gasteiger partial charge is 0.487 e. The van der Waals surface area contributed by atoms with Crippen molar-refractivity contribution < 1.29 is 13.9 Å². The van der Waals surface area contributed by atoms with E-state index in [0.717, 1.165) is 25.7 Å². The zero-order chi connectivity index (χ0) is 16.4. The van der Waals surface area contributed by atoms with Crippen LogP contribution in [-0.4, -0.2) is 17.6 Å². The molecule has 23 heavy (non-hydrogen) atoms. The Balaban J connectivity index is 1.85. The molecule has 1 unspecified atom stereocenters. The van der Waals surface area contributed by atoms with Crippen molar-refractivity contribution in [2.45, 2.75) is 56.7 Å². The van der Waals surface area contributed by atoms with Gasteiger partial charge < -0.3 is 15.8 Å². The van der Waals surface area contributed by atoms with Crippen LogP contribution in [0.25, 0.3) is 0 Å². The van der Waals surface area contributed by atoms with E-state index >= 15 is 0 Å². The highest BCUT2D eigenvalue weighted by Crippen LogP contribution is 2.47. The lowest BCUT2D eigenvalue weighted by Gasteiger charge is -2.40. The topological polar surface area (TPSA) is 64.4 Å². The van der Waals surface area contributed by atoms with Crippen LogP contribution < -0.4 is 15.8 Å². The smallest absolute Gasteiger partial charge is 0.244 e. The summed E-state index contributed by atoms with van der Waals surface area (Å²) in [5.41, 5.74) is 6.11. The molecule has 1 fully saturated rings. The molecule has 2 atom stereocenters. The summed E-state index contributed by atoms with van der Waals surface area (Å²) in [7, 11) is 0. The number of nitrogens with two attached hydrogens (primary N) is 1. The maximum Gasteiger partial charge on any atom is 0.244 e. The number of fused-ring (bicyclic) bond motifs is 1. The van der Waals surface area contributed by atoms with Gasteiger partial charge in [-0.3, -0.25) is 4.79 Å². The summed E-state index contributed by atoms with van der Waals surface area (Å²) in [4.78, 5) is 12.1. The minimum atomic E-state index is -0.319. The number of benzene rings is 1. The van der Waals surface area contributed by atoms with Gasteiger partial charge in [-0.25, -0.2) is 4.39 Å². The van der Waals surface area contributed by atoms with Crippen molar-refractivity contribution in [3.63, 3.8) is 0 Å². The lowest BCUT2D eigenvalue weighted by molar-refractivity contribution is -0.117. The Hall–Kier alpha value is -1.88. The van der Waals surface area contributed by atoms with Crippen LogP contribution >= 0.6 is 0 Å². The predicted octanol–water partition coefficient (Wildman–Crippen LogP) is 2.98. The zero-order valence-corrected chi connectivity index (χ0v) is 13.3. The van der Waals surface area contributed by atoms with Gasteiger partial charge in [0.15, 0.2) is 0 Å². The van der Waals surface area contributed by atoms with Gasteiger partial charge in [-0.15, -0.1) is 0 Å². The van der Waals surface area contributed by atoms with Crippen molar-refractivity contribution in [3.8, 4) is 5.75 Å². The standard InChI is InChI=1S/C18H23FN2O2/c1-12(20)4-7-17(22)21-15-11-18(8-2-3-9-18)23-16-6-5-13(19)10-14(15)16/h4-7,10,12,15H,2-3,8-9,11,20H2,1H3,(H,21,22)/b7-4+/t12?,15-/m1/s1. The molecule has 1 aromatic carbocycles. The van der Waals surface area contributed by atoms with Crippen LogP contribution in [0, 0.1) is 5.82 Å². The number of carbonyl (C=O) groups is 1. The van der Waals surface area contributed by atoms with Crippen molar-refractivity contribution in [1.82, 2.24) is 5.32 Å². The molecule has 2 aliphatic rings. The van der Waals surface area contributed by atoms with Crippen LogP contribution in [0.15, 0.2) is 30.4 Å². The first kappa shape index (κ1) is 16.0. The summed E-state index contributed by atoms with van der Waals surface area (Å²) < 4.78 is 19.8. The molecule has 0 aromatic heterocycles. The molecule has 124 valence electrons. The molecule has 0 saturated heterocycles. The number of carbonyl (C=O) groups excluding carboxylic acids is 1. The average molecular weight is 318 g/mol. The highest BCUT2D eigenvalue weighted by molar-refractivity contribution is 5.88. The van der Waals surface area contributed by atoms with Crippen LogP contribution in [0.1, 0.15) is 50.6 Å². The minimum absolute atomic E-state index is 0.179. The summed E-state index contributed by atoms with van der Waals surface area (Å²) in [6.45, 7) is 1.80. The van der Waals surface area contributed by atoms with Gasteiger partial charge in [-0.05, 0) is 50.8 Å². The number of hydrogen-bond donors (Lipinski definition) is 2. The van der Waals surface area contributed by atoms with Crippen LogP contribution in [-0.2, 0) is 4.79 Å². The molecule has 5 heteroatoms. The maximum atomic E-state index is 13.6. The third-order valence-corrected chi connectivity index (χ3v) is 4.63. The molecule has 1 spiro atoms. The Labute approximate surface area is 135 Å². The molecule has 0 bridgehead atoms. The van der Waals surface area contributed by atoms with E-state index in [4.69, 9.17) is 10.5 Å². The van der Waals surface area contributed by atoms with Gasteiger partial charge in [0.05, 0.1) is 6.04 Å². The van der Waals surface area contributed by atoms with E-state index < -0.39 is 0 Å². The fourth-order valence-electron chi connectivity index (χ4n) is 3.55. The van der Waals surface area contributed by atoms with Gasteiger partial charge in [0.2, 0.25) is 5.91 Å². The number of ether oxygens (including phenoxy) is 1. The third-order valence-electron chi connectivity index (χ3n) is 4.63. The molecular formula is C18H23FN2O2. The van der Waals surface area contributed by atoms with Gasteiger partial charge in [0.1, 0.15) is 17.2 Å². The van der Waals surface area contributed by atoms with Gasteiger partial charge in [0, 0.05) is 24.1 Å². The van der Waals surface area contributed by atoms with E-state index in [-0.39, 0.29) is 29.4 Å². The normalized spacial score (nSPS) is 23.5.